The van der Waals surface area contributed by atoms with Gasteiger partial charge < -0.3 is 16.4 Å². The van der Waals surface area contributed by atoms with Crippen LogP contribution >= 0.6 is 0 Å². The molecular formula is C13H19N3O2. The first-order chi connectivity index (χ1) is 8.63. The van der Waals surface area contributed by atoms with Gasteiger partial charge in [0, 0.05) is 17.8 Å². The lowest BCUT2D eigenvalue weighted by Gasteiger charge is -2.07. The van der Waals surface area contributed by atoms with Gasteiger partial charge in [-0.15, -0.1) is 0 Å². The highest BCUT2D eigenvalue weighted by atomic mass is 16.2. The van der Waals surface area contributed by atoms with E-state index in [9.17, 15) is 9.59 Å². The lowest BCUT2D eigenvalue weighted by molar-refractivity contribution is 0.101. The summed E-state index contributed by atoms with van der Waals surface area (Å²) in [7, 11) is 0. The van der Waals surface area contributed by atoms with Crippen molar-refractivity contribution >= 4 is 17.5 Å². The van der Waals surface area contributed by atoms with E-state index in [1.165, 1.54) is 6.92 Å². The Hall–Kier alpha value is -1.88. The third-order valence-corrected chi connectivity index (χ3v) is 2.47. The zero-order valence-electron chi connectivity index (χ0n) is 10.5. The number of carbonyl (C=O) groups excluding carboxylic acids is 2. The molecule has 0 fully saturated rings. The van der Waals surface area contributed by atoms with E-state index < -0.39 is 0 Å². The molecule has 4 N–H and O–H groups in total. The molecule has 1 aromatic rings. The largest absolute Gasteiger partial charge is 0.338 e. The van der Waals surface area contributed by atoms with Crippen molar-refractivity contribution in [2.75, 3.05) is 18.4 Å². The van der Waals surface area contributed by atoms with Gasteiger partial charge in [-0.1, -0.05) is 0 Å². The van der Waals surface area contributed by atoms with E-state index in [-0.39, 0.29) is 11.8 Å². The van der Waals surface area contributed by atoms with E-state index in [1.807, 2.05) is 0 Å². The van der Waals surface area contributed by atoms with E-state index in [2.05, 4.69) is 10.6 Å². The summed E-state index contributed by atoms with van der Waals surface area (Å²) >= 11 is 0. The number of nitrogens with two attached hydrogens (primary N) is 1. The Morgan fingerprint density at radius 2 is 1.83 bits per heavy atom. The summed E-state index contributed by atoms with van der Waals surface area (Å²) in [5, 5.41) is 5.42. The summed E-state index contributed by atoms with van der Waals surface area (Å²) in [4.78, 5) is 22.5. The number of Topliss-reactive ketones (excluding diaryl/α,β-unsaturated/α-hetero) is 1. The van der Waals surface area contributed by atoms with Gasteiger partial charge in [-0.25, -0.2) is 4.79 Å². The summed E-state index contributed by atoms with van der Waals surface area (Å²) < 4.78 is 0. The number of hydrogen-bond acceptors (Lipinski definition) is 3. The highest BCUT2D eigenvalue weighted by Gasteiger charge is 2.02. The zero-order valence-corrected chi connectivity index (χ0v) is 10.5. The van der Waals surface area contributed by atoms with Crippen LogP contribution in [-0.2, 0) is 0 Å². The van der Waals surface area contributed by atoms with Gasteiger partial charge >= 0.3 is 6.03 Å². The van der Waals surface area contributed by atoms with Crippen LogP contribution in [0.15, 0.2) is 24.3 Å². The van der Waals surface area contributed by atoms with E-state index in [1.54, 1.807) is 24.3 Å². The first-order valence-electron chi connectivity index (χ1n) is 5.99. The first-order valence-corrected chi connectivity index (χ1v) is 5.99. The van der Waals surface area contributed by atoms with Gasteiger partial charge in [0.1, 0.15) is 0 Å². The van der Waals surface area contributed by atoms with Crippen LogP contribution in [0.25, 0.3) is 0 Å². The zero-order chi connectivity index (χ0) is 13.4. The maximum atomic E-state index is 11.5. The summed E-state index contributed by atoms with van der Waals surface area (Å²) in [5.74, 6) is 0.00721. The number of carbonyl (C=O) groups is 2. The monoisotopic (exact) mass is 249 g/mol. The third kappa shape index (κ3) is 4.97. The molecule has 0 atom stereocenters. The van der Waals surface area contributed by atoms with Gasteiger partial charge in [-0.3, -0.25) is 4.79 Å². The van der Waals surface area contributed by atoms with Crippen LogP contribution in [0.5, 0.6) is 0 Å². The van der Waals surface area contributed by atoms with Crippen molar-refractivity contribution in [1.82, 2.24) is 5.32 Å². The molecule has 0 aromatic heterocycles. The molecule has 0 bridgehead atoms. The van der Waals surface area contributed by atoms with E-state index in [4.69, 9.17) is 5.73 Å². The average molecular weight is 249 g/mol. The van der Waals surface area contributed by atoms with Crippen molar-refractivity contribution in [2.45, 2.75) is 19.8 Å². The smallest absolute Gasteiger partial charge is 0.319 e. The summed E-state index contributed by atoms with van der Waals surface area (Å²) in [6.45, 7) is 2.75. The Morgan fingerprint density at radius 1 is 1.17 bits per heavy atom. The molecular weight excluding hydrogens is 230 g/mol. The molecule has 1 rings (SSSR count). The molecule has 0 saturated carbocycles. The molecule has 1 aromatic carbocycles. The fraction of sp³-hybridized carbons (Fsp3) is 0.385. The van der Waals surface area contributed by atoms with Crippen molar-refractivity contribution < 1.29 is 9.59 Å². The van der Waals surface area contributed by atoms with Gasteiger partial charge in [0.05, 0.1) is 0 Å². The Balaban J connectivity index is 2.37. The molecule has 98 valence electrons. The number of ketones is 1. The van der Waals surface area contributed by atoms with Crippen LogP contribution in [-0.4, -0.2) is 24.9 Å². The molecule has 0 aliphatic heterocycles. The lowest BCUT2D eigenvalue weighted by Crippen LogP contribution is -2.29. The number of nitrogens with one attached hydrogen (secondary N) is 2. The minimum atomic E-state index is -0.248. The molecule has 0 spiro atoms. The number of amides is 2. The molecule has 0 heterocycles. The lowest BCUT2D eigenvalue weighted by atomic mass is 10.1. The Bertz CT molecular complexity index is 401. The van der Waals surface area contributed by atoms with E-state index in [0.717, 1.165) is 12.8 Å². The molecule has 18 heavy (non-hydrogen) atoms. The maximum absolute atomic E-state index is 11.5. The fourth-order valence-electron chi connectivity index (χ4n) is 1.43. The first kappa shape index (κ1) is 14.2. The van der Waals surface area contributed by atoms with Crippen molar-refractivity contribution in [2.24, 2.45) is 5.73 Å². The van der Waals surface area contributed by atoms with Crippen LogP contribution in [0.1, 0.15) is 30.1 Å². The number of hydrogen-bond donors (Lipinski definition) is 3. The van der Waals surface area contributed by atoms with Crippen molar-refractivity contribution in [3.05, 3.63) is 29.8 Å². The standard InChI is InChI=1S/C13H19N3O2/c1-10(17)11-4-6-12(7-5-11)16-13(18)15-9-3-2-8-14/h4-7H,2-3,8-9,14H2,1H3,(H2,15,16,18). The highest BCUT2D eigenvalue weighted by Crippen LogP contribution is 2.09. The molecule has 5 heteroatoms. The minimum absolute atomic E-state index is 0.00721. The third-order valence-electron chi connectivity index (χ3n) is 2.47. The Kier molecular flexibility index (Phi) is 5.87. The van der Waals surface area contributed by atoms with Crippen LogP contribution in [0, 0.1) is 0 Å². The van der Waals surface area contributed by atoms with Crippen molar-refractivity contribution in [3.8, 4) is 0 Å². The molecule has 0 unspecified atom stereocenters. The summed E-state index contributed by atoms with van der Waals surface area (Å²) in [5.41, 5.74) is 6.64. The molecule has 0 radical (unpaired) electrons. The highest BCUT2D eigenvalue weighted by molar-refractivity contribution is 5.95. The second kappa shape index (κ2) is 7.45. The van der Waals surface area contributed by atoms with Gasteiger partial charge in [0.15, 0.2) is 5.78 Å². The number of benzene rings is 1. The van der Waals surface area contributed by atoms with Crippen LogP contribution in [0.3, 0.4) is 0 Å². The molecule has 0 aliphatic rings. The van der Waals surface area contributed by atoms with Gasteiger partial charge in [0.25, 0.3) is 0 Å². The minimum Gasteiger partial charge on any atom is -0.338 e. The molecule has 5 nitrogen and oxygen atoms in total. The molecule has 0 saturated heterocycles. The summed E-state index contributed by atoms with van der Waals surface area (Å²) in [6, 6.07) is 6.54. The molecule has 0 aliphatic carbocycles. The van der Waals surface area contributed by atoms with Gasteiger partial charge in [-0.05, 0) is 50.6 Å². The number of rotatable bonds is 6. The predicted octanol–water partition coefficient (Wildman–Crippen LogP) is 1.75. The Morgan fingerprint density at radius 3 is 2.39 bits per heavy atom. The number of unbranched alkanes of at least 4 members (excludes halogenated alkanes) is 1. The Labute approximate surface area is 107 Å². The normalized spacial score (nSPS) is 9.89. The van der Waals surface area contributed by atoms with Crippen LogP contribution in [0.2, 0.25) is 0 Å². The van der Waals surface area contributed by atoms with Crippen molar-refractivity contribution in [3.63, 3.8) is 0 Å². The predicted molar refractivity (Wildman–Crippen MR) is 71.8 cm³/mol. The topological polar surface area (TPSA) is 84.2 Å². The average Bonchev–Trinajstić information content (AvgIpc) is 2.35. The maximum Gasteiger partial charge on any atom is 0.319 e. The second-order valence-corrected chi connectivity index (χ2v) is 4.01. The van der Waals surface area contributed by atoms with E-state index in [0.29, 0.717) is 24.3 Å². The summed E-state index contributed by atoms with van der Waals surface area (Å²) in [6.07, 6.45) is 1.76. The van der Waals surface area contributed by atoms with E-state index >= 15 is 0 Å². The molecule has 2 amide bonds. The SMILES string of the molecule is CC(=O)c1ccc(NC(=O)NCCCCN)cc1. The van der Waals surface area contributed by atoms with Crippen LogP contribution in [0.4, 0.5) is 10.5 Å². The quantitative estimate of drug-likeness (QED) is 0.530. The van der Waals surface area contributed by atoms with Gasteiger partial charge in [0.2, 0.25) is 0 Å². The second-order valence-electron chi connectivity index (χ2n) is 4.01. The number of anilines is 1. The van der Waals surface area contributed by atoms with Crippen LogP contribution < -0.4 is 16.4 Å². The van der Waals surface area contributed by atoms with Gasteiger partial charge in [-0.2, -0.15) is 0 Å². The fourth-order valence-corrected chi connectivity index (χ4v) is 1.43. The number of urea groups is 1. The van der Waals surface area contributed by atoms with Crippen molar-refractivity contribution in [1.29, 1.82) is 0 Å².